The third-order valence-corrected chi connectivity index (χ3v) is 0.809. The Bertz CT molecular complexity index is 92.2. The number of oxime groups is 1. The first kappa shape index (κ1) is 4.55. The number of rotatable bonds is 0. The first-order chi connectivity index (χ1) is 3.30. The molecule has 1 heterocycles. The molecule has 0 aliphatic carbocycles. The molecule has 1 aliphatic heterocycles. The molecular formula is C3H7N3O. The minimum atomic E-state index is -0.167. The Hall–Kier alpha value is -0.610. The summed E-state index contributed by atoms with van der Waals surface area (Å²) < 4.78 is 0. The van der Waals surface area contributed by atoms with Crippen LogP contribution >= 0.6 is 0 Å². The topological polar surface area (TPSA) is 50.8 Å². The summed E-state index contributed by atoms with van der Waals surface area (Å²) in [5.41, 5.74) is 5.33. The van der Waals surface area contributed by atoms with Crippen molar-refractivity contribution in [3.8, 4) is 0 Å². The molecular weight excluding hydrogens is 94.1 g/mol. The first-order valence-corrected chi connectivity index (χ1v) is 2.00. The number of hydrogen-bond donors (Lipinski definition) is 1. The highest BCUT2D eigenvalue weighted by molar-refractivity contribution is 5.63. The van der Waals surface area contributed by atoms with Gasteiger partial charge in [-0.15, -0.1) is 0 Å². The number of hydroxylamine groups is 2. The van der Waals surface area contributed by atoms with E-state index >= 15 is 0 Å². The van der Waals surface area contributed by atoms with Crippen LogP contribution in [-0.2, 0) is 4.94 Å². The minimum absolute atomic E-state index is 0.167. The molecule has 0 saturated carbocycles. The van der Waals surface area contributed by atoms with E-state index in [9.17, 15) is 0 Å². The Balaban J connectivity index is 2.45. The van der Waals surface area contributed by atoms with E-state index in [1.54, 1.807) is 7.05 Å². The Morgan fingerprint density at radius 2 is 2.71 bits per heavy atom. The Kier molecular flexibility index (Phi) is 0.958. The van der Waals surface area contributed by atoms with Gasteiger partial charge in [-0.1, -0.05) is 10.2 Å². The highest BCUT2D eigenvalue weighted by Gasteiger charge is 2.12. The average Bonchev–Trinajstić information content (AvgIpc) is 1.91. The molecule has 2 N–H and O–H groups in total. The number of hydrogen-bond acceptors (Lipinski definition) is 4. The van der Waals surface area contributed by atoms with Crippen LogP contribution in [0.4, 0.5) is 0 Å². The molecule has 0 amide bonds. The van der Waals surface area contributed by atoms with Crippen molar-refractivity contribution < 1.29 is 4.94 Å². The second-order valence-corrected chi connectivity index (χ2v) is 1.37. The second kappa shape index (κ2) is 1.48. The van der Waals surface area contributed by atoms with Crippen LogP contribution in [-0.4, -0.2) is 24.5 Å². The van der Waals surface area contributed by atoms with Crippen LogP contribution in [0.3, 0.4) is 0 Å². The molecule has 0 bridgehead atoms. The monoisotopic (exact) mass is 101 g/mol. The van der Waals surface area contributed by atoms with Crippen LogP contribution in [0.2, 0.25) is 0 Å². The number of nitrogens with zero attached hydrogens (tertiary/aromatic N) is 2. The van der Waals surface area contributed by atoms with Gasteiger partial charge in [-0.05, 0) is 0 Å². The van der Waals surface area contributed by atoms with Gasteiger partial charge in [0.05, 0.1) is 6.21 Å². The minimum Gasteiger partial charge on any atom is -0.308 e. The molecule has 0 saturated heterocycles. The molecule has 0 fully saturated rings. The van der Waals surface area contributed by atoms with Gasteiger partial charge in [-0.3, -0.25) is 4.94 Å². The van der Waals surface area contributed by atoms with Gasteiger partial charge in [0.2, 0.25) is 0 Å². The zero-order valence-corrected chi connectivity index (χ0v) is 4.03. The molecule has 40 valence electrons. The summed E-state index contributed by atoms with van der Waals surface area (Å²) in [6.07, 6.45) is 1.36. The molecule has 4 nitrogen and oxygen atoms in total. The van der Waals surface area contributed by atoms with Crippen molar-refractivity contribution in [1.82, 2.24) is 5.06 Å². The molecule has 0 aromatic rings. The van der Waals surface area contributed by atoms with Gasteiger partial charge in [0.25, 0.3) is 0 Å². The van der Waals surface area contributed by atoms with Gasteiger partial charge in [0, 0.05) is 7.05 Å². The van der Waals surface area contributed by atoms with E-state index in [1.165, 1.54) is 11.3 Å². The molecule has 1 aliphatic rings. The van der Waals surface area contributed by atoms with E-state index in [0.29, 0.717) is 0 Å². The lowest BCUT2D eigenvalue weighted by molar-refractivity contribution is -0.130. The lowest BCUT2D eigenvalue weighted by atomic mass is 10.6. The van der Waals surface area contributed by atoms with E-state index in [-0.39, 0.29) is 6.17 Å². The van der Waals surface area contributed by atoms with Crippen LogP contribution in [0.1, 0.15) is 0 Å². The van der Waals surface area contributed by atoms with Gasteiger partial charge in [-0.2, -0.15) is 0 Å². The van der Waals surface area contributed by atoms with Crippen LogP contribution in [0.5, 0.6) is 0 Å². The normalized spacial score (nSPS) is 30.9. The van der Waals surface area contributed by atoms with E-state index in [4.69, 9.17) is 5.73 Å². The highest BCUT2D eigenvalue weighted by atomic mass is 16.8. The van der Waals surface area contributed by atoms with Crippen molar-refractivity contribution in [3.63, 3.8) is 0 Å². The summed E-state index contributed by atoms with van der Waals surface area (Å²) in [4.78, 5) is 4.54. The van der Waals surface area contributed by atoms with Crippen LogP contribution in [0.25, 0.3) is 0 Å². The van der Waals surface area contributed by atoms with Crippen LogP contribution < -0.4 is 5.73 Å². The fourth-order valence-electron chi connectivity index (χ4n) is 0.312. The summed E-state index contributed by atoms with van der Waals surface area (Å²) in [5, 5.41) is 4.88. The largest absolute Gasteiger partial charge is 0.308 e. The molecule has 0 aromatic heterocycles. The van der Waals surface area contributed by atoms with E-state index in [2.05, 4.69) is 10.1 Å². The molecule has 1 atom stereocenters. The van der Waals surface area contributed by atoms with E-state index in [0.717, 1.165) is 0 Å². The quantitative estimate of drug-likeness (QED) is 0.431. The molecule has 0 radical (unpaired) electrons. The maximum Gasteiger partial charge on any atom is 0.134 e. The van der Waals surface area contributed by atoms with Crippen molar-refractivity contribution in [1.29, 1.82) is 0 Å². The Morgan fingerprint density at radius 3 is 2.86 bits per heavy atom. The maximum absolute atomic E-state index is 5.33. The van der Waals surface area contributed by atoms with Gasteiger partial charge in [0.15, 0.2) is 0 Å². The fraction of sp³-hybridized carbons (Fsp3) is 0.667. The predicted molar refractivity (Wildman–Crippen MR) is 25.3 cm³/mol. The molecule has 0 aromatic carbocycles. The molecule has 1 unspecified atom stereocenters. The van der Waals surface area contributed by atoms with Gasteiger partial charge in [-0.25, -0.2) is 0 Å². The SMILES string of the molecule is CN1ON=CC1N. The molecule has 4 heteroatoms. The predicted octanol–water partition coefficient (Wildman–Crippen LogP) is -0.866. The van der Waals surface area contributed by atoms with Crippen LogP contribution in [0.15, 0.2) is 5.16 Å². The number of nitrogens with two attached hydrogens (primary N) is 1. The van der Waals surface area contributed by atoms with Gasteiger partial charge < -0.3 is 5.73 Å². The summed E-state index contributed by atoms with van der Waals surface area (Å²) in [7, 11) is 1.72. The van der Waals surface area contributed by atoms with Gasteiger partial charge >= 0.3 is 0 Å². The molecule has 0 spiro atoms. The lowest BCUT2D eigenvalue weighted by Gasteiger charge is -2.07. The van der Waals surface area contributed by atoms with E-state index in [1.807, 2.05) is 0 Å². The Labute approximate surface area is 41.5 Å². The van der Waals surface area contributed by atoms with Crippen molar-refractivity contribution in [2.75, 3.05) is 7.05 Å². The summed E-state index contributed by atoms with van der Waals surface area (Å²) in [6, 6.07) is 0. The molecule has 7 heavy (non-hydrogen) atoms. The van der Waals surface area contributed by atoms with Gasteiger partial charge in [0.1, 0.15) is 6.17 Å². The standard InChI is InChI=1S/C3H7N3O/c1-6-3(4)2-5-7-6/h2-3H,4H2,1H3. The van der Waals surface area contributed by atoms with Crippen molar-refractivity contribution >= 4 is 6.21 Å². The lowest BCUT2D eigenvalue weighted by Crippen LogP contribution is -2.34. The van der Waals surface area contributed by atoms with Crippen LogP contribution in [0, 0.1) is 0 Å². The fourth-order valence-corrected chi connectivity index (χ4v) is 0.312. The van der Waals surface area contributed by atoms with Crippen molar-refractivity contribution in [2.45, 2.75) is 6.17 Å². The zero-order valence-electron chi connectivity index (χ0n) is 4.03. The second-order valence-electron chi connectivity index (χ2n) is 1.37. The summed E-state index contributed by atoms with van der Waals surface area (Å²) in [5.74, 6) is 0. The Morgan fingerprint density at radius 1 is 2.00 bits per heavy atom. The first-order valence-electron chi connectivity index (χ1n) is 2.00. The third-order valence-electron chi connectivity index (χ3n) is 0.809. The smallest absolute Gasteiger partial charge is 0.134 e. The zero-order chi connectivity index (χ0) is 5.28. The third kappa shape index (κ3) is 0.703. The summed E-state index contributed by atoms with van der Waals surface area (Å²) in [6.45, 7) is 0. The summed E-state index contributed by atoms with van der Waals surface area (Å²) >= 11 is 0. The van der Waals surface area contributed by atoms with Crippen molar-refractivity contribution in [3.05, 3.63) is 0 Å². The average molecular weight is 101 g/mol. The van der Waals surface area contributed by atoms with E-state index < -0.39 is 0 Å². The van der Waals surface area contributed by atoms with Crippen molar-refractivity contribution in [2.24, 2.45) is 10.9 Å². The maximum atomic E-state index is 5.33. The highest BCUT2D eigenvalue weighted by Crippen LogP contribution is 1.94. The molecule has 1 rings (SSSR count).